The molecule has 0 spiro atoms. The van der Waals surface area contributed by atoms with Crippen LogP contribution in [-0.2, 0) is 22.6 Å². The molecule has 1 fully saturated rings. The number of pyridine rings is 1. The van der Waals surface area contributed by atoms with Gasteiger partial charge in [0.25, 0.3) is 0 Å². The first-order valence-corrected chi connectivity index (χ1v) is 8.23. The van der Waals surface area contributed by atoms with E-state index in [0.717, 1.165) is 16.8 Å². The lowest BCUT2D eigenvalue weighted by molar-refractivity contribution is -0.145. The molecule has 0 aliphatic carbocycles. The lowest BCUT2D eigenvalue weighted by Gasteiger charge is -2.34. The van der Waals surface area contributed by atoms with Gasteiger partial charge in [-0.3, -0.25) is 14.6 Å². The van der Waals surface area contributed by atoms with Crippen molar-refractivity contribution in [3.05, 3.63) is 65.2 Å². The maximum absolute atomic E-state index is 13.3. The summed E-state index contributed by atoms with van der Waals surface area (Å²) >= 11 is 0. The number of piperazine rings is 1. The van der Waals surface area contributed by atoms with Gasteiger partial charge in [-0.2, -0.15) is 0 Å². The molecule has 25 heavy (non-hydrogen) atoms. The van der Waals surface area contributed by atoms with Gasteiger partial charge in [0.1, 0.15) is 5.82 Å². The number of aromatic nitrogens is 1. The molecule has 5 nitrogen and oxygen atoms in total. The molecule has 0 N–H and O–H groups in total. The van der Waals surface area contributed by atoms with Crippen LogP contribution in [-0.4, -0.2) is 46.2 Å². The molecule has 0 unspecified atom stereocenters. The fraction of sp³-hybridized carbons (Fsp3) is 0.316. The monoisotopic (exact) mass is 341 g/mol. The number of amides is 2. The van der Waals surface area contributed by atoms with Crippen molar-refractivity contribution < 1.29 is 14.0 Å². The zero-order valence-corrected chi connectivity index (χ0v) is 14.1. The number of hydrogen-bond acceptors (Lipinski definition) is 3. The highest BCUT2D eigenvalue weighted by atomic mass is 19.1. The predicted molar refractivity (Wildman–Crippen MR) is 91.1 cm³/mol. The summed E-state index contributed by atoms with van der Waals surface area (Å²) in [6.07, 6.45) is 1.93. The second-order valence-corrected chi connectivity index (χ2v) is 6.25. The average molecular weight is 341 g/mol. The number of nitrogens with zero attached hydrogens (tertiary/aromatic N) is 3. The summed E-state index contributed by atoms with van der Waals surface area (Å²) < 4.78 is 13.3. The first kappa shape index (κ1) is 17.1. The van der Waals surface area contributed by atoms with Crippen LogP contribution in [0, 0.1) is 12.7 Å². The molecule has 1 aromatic carbocycles. The van der Waals surface area contributed by atoms with Gasteiger partial charge in [-0.25, -0.2) is 4.39 Å². The van der Waals surface area contributed by atoms with Gasteiger partial charge in [-0.05, 0) is 36.2 Å². The van der Waals surface area contributed by atoms with Crippen LogP contribution in [0.4, 0.5) is 4.39 Å². The molecule has 0 saturated carbocycles. The summed E-state index contributed by atoms with van der Waals surface area (Å²) in [5.41, 5.74) is 2.49. The van der Waals surface area contributed by atoms with Crippen molar-refractivity contribution in [2.45, 2.75) is 19.9 Å². The second-order valence-electron chi connectivity index (χ2n) is 6.25. The van der Waals surface area contributed by atoms with Gasteiger partial charge in [-0.1, -0.05) is 18.2 Å². The molecule has 1 saturated heterocycles. The van der Waals surface area contributed by atoms with Gasteiger partial charge in [-0.15, -0.1) is 0 Å². The Morgan fingerprint density at radius 1 is 1.20 bits per heavy atom. The molecule has 2 aromatic rings. The van der Waals surface area contributed by atoms with Crippen LogP contribution in [0.2, 0.25) is 0 Å². The molecule has 0 bridgehead atoms. The molecule has 0 atom stereocenters. The minimum absolute atomic E-state index is 0.0629. The lowest BCUT2D eigenvalue weighted by Crippen LogP contribution is -2.52. The normalized spacial score (nSPS) is 14.7. The van der Waals surface area contributed by atoms with E-state index >= 15 is 0 Å². The Morgan fingerprint density at radius 2 is 2.04 bits per heavy atom. The van der Waals surface area contributed by atoms with Gasteiger partial charge >= 0.3 is 0 Å². The molecule has 2 amide bonds. The van der Waals surface area contributed by atoms with Crippen molar-refractivity contribution in [1.82, 2.24) is 14.8 Å². The van der Waals surface area contributed by atoms with Gasteiger partial charge in [0, 0.05) is 31.5 Å². The van der Waals surface area contributed by atoms with E-state index in [2.05, 4.69) is 4.98 Å². The third kappa shape index (κ3) is 4.41. The minimum atomic E-state index is -0.314. The predicted octanol–water partition coefficient (Wildman–Crippen LogP) is 1.94. The van der Waals surface area contributed by atoms with Crippen molar-refractivity contribution >= 4 is 11.8 Å². The van der Waals surface area contributed by atoms with Crippen molar-refractivity contribution in [1.29, 1.82) is 0 Å². The largest absolute Gasteiger partial charge is 0.335 e. The van der Waals surface area contributed by atoms with E-state index in [1.165, 1.54) is 12.1 Å². The average Bonchev–Trinajstić information content (AvgIpc) is 2.59. The quantitative estimate of drug-likeness (QED) is 0.854. The number of halogens is 1. The van der Waals surface area contributed by atoms with Gasteiger partial charge in [0.15, 0.2) is 0 Å². The van der Waals surface area contributed by atoms with Crippen LogP contribution in [0.15, 0.2) is 42.6 Å². The molecule has 1 aliphatic heterocycles. The molecule has 2 heterocycles. The van der Waals surface area contributed by atoms with Crippen LogP contribution in [0.3, 0.4) is 0 Å². The van der Waals surface area contributed by atoms with Crippen molar-refractivity contribution in [3.63, 3.8) is 0 Å². The Balaban J connectivity index is 1.56. The SMILES string of the molecule is Cc1ccc(CC(=O)N2CCN(Cc3cccc(F)c3)C(=O)C2)cn1. The molecule has 1 aromatic heterocycles. The van der Waals surface area contributed by atoms with Crippen LogP contribution in [0.5, 0.6) is 0 Å². The molecular weight excluding hydrogens is 321 g/mol. The third-order valence-electron chi connectivity index (χ3n) is 4.26. The first-order chi connectivity index (χ1) is 12.0. The number of aryl methyl sites for hydroxylation is 1. The summed E-state index contributed by atoms with van der Waals surface area (Å²) in [4.78, 5) is 32.1. The standard InChI is InChI=1S/C19H20FN3O2/c1-14-5-6-15(11-21-14)10-18(24)23-8-7-22(19(25)13-23)12-16-3-2-4-17(20)9-16/h2-6,9,11H,7-8,10,12-13H2,1H3. The van der Waals surface area contributed by atoms with Crippen molar-refractivity contribution in [2.75, 3.05) is 19.6 Å². The number of carbonyl (C=O) groups is 2. The Labute approximate surface area is 146 Å². The first-order valence-electron chi connectivity index (χ1n) is 8.23. The van der Waals surface area contributed by atoms with Crippen molar-refractivity contribution in [3.8, 4) is 0 Å². The lowest BCUT2D eigenvalue weighted by atomic mass is 10.1. The van der Waals surface area contributed by atoms with E-state index in [-0.39, 0.29) is 30.6 Å². The smallest absolute Gasteiger partial charge is 0.242 e. The zero-order valence-electron chi connectivity index (χ0n) is 14.1. The van der Waals surface area contributed by atoms with E-state index in [1.807, 2.05) is 19.1 Å². The number of hydrogen-bond donors (Lipinski definition) is 0. The van der Waals surface area contributed by atoms with E-state index in [0.29, 0.717) is 19.6 Å². The highest BCUT2D eigenvalue weighted by Crippen LogP contribution is 2.12. The maximum Gasteiger partial charge on any atom is 0.242 e. The molecule has 6 heteroatoms. The fourth-order valence-electron chi connectivity index (χ4n) is 2.83. The minimum Gasteiger partial charge on any atom is -0.335 e. The van der Waals surface area contributed by atoms with Gasteiger partial charge in [0.2, 0.25) is 11.8 Å². The number of carbonyl (C=O) groups excluding carboxylic acids is 2. The molecular formula is C19H20FN3O2. The molecule has 0 radical (unpaired) electrons. The Hall–Kier alpha value is -2.76. The third-order valence-corrected chi connectivity index (χ3v) is 4.26. The van der Waals surface area contributed by atoms with Crippen LogP contribution >= 0.6 is 0 Å². The fourth-order valence-corrected chi connectivity index (χ4v) is 2.83. The highest BCUT2D eigenvalue weighted by molar-refractivity contribution is 5.87. The molecule has 130 valence electrons. The second kappa shape index (κ2) is 7.42. The zero-order chi connectivity index (χ0) is 17.8. The summed E-state index contributed by atoms with van der Waals surface area (Å²) in [5, 5.41) is 0. The van der Waals surface area contributed by atoms with Gasteiger partial charge < -0.3 is 9.80 Å². The van der Waals surface area contributed by atoms with E-state index in [9.17, 15) is 14.0 Å². The number of benzene rings is 1. The van der Waals surface area contributed by atoms with E-state index < -0.39 is 0 Å². The van der Waals surface area contributed by atoms with Crippen LogP contribution in [0.1, 0.15) is 16.8 Å². The maximum atomic E-state index is 13.3. The summed E-state index contributed by atoms with van der Waals surface area (Å²) in [6.45, 7) is 3.25. The summed E-state index contributed by atoms with van der Waals surface area (Å²) in [6, 6.07) is 9.97. The Kier molecular flexibility index (Phi) is 5.07. The highest BCUT2D eigenvalue weighted by Gasteiger charge is 2.27. The van der Waals surface area contributed by atoms with Crippen LogP contribution < -0.4 is 0 Å². The Bertz CT molecular complexity index is 776. The summed E-state index contributed by atoms with van der Waals surface area (Å²) in [7, 11) is 0. The topological polar surface area (TPSA) is 53.5 Å². The van der Waals surface area contributed by atoms with E-state index in [1.54, 1.807) is 28.1 Å². The number of rotatable bonds is 4. The molecule has 1 aliphatic rings. The Morgan fingerprint density at radius 3 is 2.72 bits per heavy atom. The van der Waals surface area contributed by atoms with Crippen LogP contribution in [0.25, 0.3) is 0 Å². The van der Waals surface area contributed by atoms with Gasteiger partial charge in [0.05, 0.1) is 13.0 Å². The molecule has 3 rings (SSSR count). The van der Waals surface area contributed by atoms with Crippen molar-refractivity contribution in [2.24, 2.45) is 0 Å². The van der Waals surface area contributed by atoms with E-state index in [4.69, 9.17) is 0 Å². The summed E-state index contributed by atoms with van der Waals surface area (Å²) in [5.74, 6) is -0.513.